The molecule has 9 heteroatoms. The van der Waals surface area contributed by atoms with Crippen LogP contribution in [-0.4, -0.2) is 37.6 Å². The Hall–Kier alpha value is -3.46. The molecular formula is C25H27N3O5S. The highest BCUT2D eigenvalue weighted by molar-refractivity contribution is 7.92. The summed E-state index contributed by atoms with van der Waals surface area (Å²) in [6, 6.07) is 11.7. The summed E-state index contributed by atoms with van der Waals surface area (Å²) in [6.07, 6.45) is 4.87. The van der Waals surface area contributed by atoms with E-state index < -0.39 is 15.9 Å². The second kappa shape index (κ2) is 9.42. The Morgan fingerprint density at radius 1 is 0.971 bits per heavy atom. The molecule has 2 atom stereocenters. The van der Waals surface area contributed by atoms with Gasteiger partial charge in [0, 0.05) is 24.3 Å². The zero-order valence-electron chi connectivity index (χ0n) is 19.1. The van der Waals surface area contributed by atoms with Crippen LogP contribution in [0.5, 0.6) is 0 Å². The second-order valence-corrected chi connectivity index (χ2v) is 10.4. The van der Waals surface area contributed by atoms with Gasteiger partial charge in [0.05, 0.1) is 16.7 Å². The van der Waals surface area contributed by atoms with Crippen molar-refractivity contribution in [3.8, 4) is 0 Å². The first-order chi connectivity index (χ1) is 16.2. The number of imide groups is 1. The molecule has 0 saturated carbocycles. The highest BCUT2D eigenvalue weighted by Crippen LogP contribution is 2.35. The molecule has 0 bridgehead atoms. The second-order valence-electron chi connectivity index (χ2n) is 8.74. The average Bonchev–Trinajstić information content (AvgIpc) is 3.03. The van der Waals surface area contributed by atoms with Crippen molar-refractivity contribution < 1.29 is 22.8 Å². The molecule has 1 fully saturated rings. The molecule has 1 heterocycles. The number of carbonyl (C=O) groups is 3. The van der Waals surface area contributed by atoms with E-state index in [1.54, 1.807) is 37.3 Å². The molecule has 3 amide bonds. The van der Waals surface area contributed by atoms with E-state index in [0.717, 1.165) is 5.56 Å². The lowest BCUT2D eigenvalue weighted by molar-refractivity contribution is -0.140. The maximum absolute atomic E-state index is 13.0. The molecule has 8 nitrogen and oxygen atoms in total. The number of anilines is 2. The largest absolute Gasteiger partial charge is 0.326 e. The zero-order valence-corrected chi connectivity index (χ0v) is 19.9. The summed E-state index contributed by atoms with van der Waals surface area (Å²) in [5.74, 6) is -1.51. The molecule has 2 aromatic carbocycles. The molecular weight excluding hydrogens is 454 g/mol. The number of aryl methyl sites for hydroxylation is 2. The molecule has 1 aliphatic heterocycles. The SMILES string of the molecule is Cc1cccc(NS(=O)(=O)c2cc(NC(=O)CCN3C(=O)[C@@H]4CC=CC[C@H]4C3=O)ccc2C)c1. The number of likely N-dealkylation sites (tertiary alicyclic amines) is 1. The Labute approximate surface area is 199 Å². The van der Waals surface area contributed by atoms with Crippen LogP contribution in [0.15, 0.2) is 59.5 Å². The van der Waals surface area contributed by atoms with Gasteiger partial charge in [-0.1, -0.05) is 30.4 Å². The van der Waals surface area contributed by atoms with Gasteiger partial charge in [0.1, 0.15) is 0 Å². The number of fused-ring (bicyclic) bond motifs is 1. The van der Waals surface area contributed by atoms with Crippen molar-refractivity contribution in [2.45, 2.75) is 38.0 Å². The Morgan fingerprint density at radius 3 is 2.29 bits per heavy atom. The quantitative estimate of drug-likeness (QED) is 0.465. The van der Waals surface area contributed by atoms with Gasteiger partial charge in [-0.25, -0.2) is 8.42 Å². The number of hydrogen-bond donors (Lipinski definition) is 2. The first-order valence-electron chi connectivity index (χ1n) is 11.2. The van der Waals surface area contributed by atoms with Crippen LogP contribution in [0, 0.1) is 25.7 Å². The van der Waals surface area contributed by atoms with E-state index in [9.17, 15) is 22.8 Å². The molecule has 1 saturated heterocycles. The van der Waals surface area contributed by atoms with Crippen molar-refractivity contribution in [2.75, 3.05) is 16.6 Å². The van der Waals surface area contributed by atoms with Crippen molar-refractivity contribution in [1.82, 2.24) is 4.90 Å². The Balaban J connectivity index is 1.41. The van der Waals surface area contributed by atoms with Crippen LogP contribution in [0.25, 0.3) is 0 Å². The predicted octanol–water partition coefficient (Wildman–Crippen LogP) is 3.38. The van der Waals surface area contributed by atoms with Gasteiger partial charge in [-0.3, -0.25) is 24.0 Å². The monoisotopic (exact) mass is 481 g/mol. The van der Waals surface area contributed by atoms with Crippen molar-refractivity contribution in [3.63, 3.8) is 0 Å². The molecule has 178 valence electrons. The van der Waals surface area contributed by atoms with Gasteiger partial charge in [0.15, 0.2) is 0 Å². The van der Waals surface area contributed by atoms with E-state index >= 15 is 0 Å². The number of nitrogens with zero attached hydrogens (tertiary/aromatic N) is 1. The molecule has 0 spiro atoms. The van der Waals surface area contributed by atoms with Gasteiger partial charge < -0.3 is 5.32 Å². The standard InChI is InChI=1S/C25H27N3O5S/c1-16-6-5-7-19(14-16)27-34(32,33)22-15-18(11-10-17(22)2)26-23(29)12-13-28-24(30)20-8-3-4-9-21(20)25(28)31/h3-7,10-11,14-15,20-21,27H,8-9,12-13H2,1-2H3,(H,26,29)/t20-,21-/m1/s1. The molecule has 0 unspecified atom stereocenters. The predicted molar refractivity (Wildman–Crippen MR) is 128 cm³/mol. The summed E-state index contributed by atoms with van der Waals surface area (Å²) in [5.41, 5.74) is 2.22. The van der Waals surface area contributed by atoms with Crippen LogP contribution in [0.1, 0.15) is 30.4 Å². The Kier molecular flexibility index (Phi) is 6.56. The Morgan fingerprint density at radius 2 is 1.65 bits per heavy atom. The smallest absolute Gasteiger partial charge is 0.262 e. The maximum atomic E-state index is 13.0. The highest BCUT2D eigenvalue weighted by Gasteiger charge is 2.46. The number of benzene rings is 2. The van der Waals surface area contributed by atoms with Crippen molar-refractivity contribution in [1.29, 1.82) is 0 Å². The molecule has 1 aliphatic carbocycles. The van der Waals surface area contributed by atoms with E-state index in [2.05, 4.69) is 10.0 Å². The van der Waals surface area contributed by atoms with Gasteiger partial charge >= 0.3 is 0 Å². The van der Waals surface area contributed by atoms with Gasteiger partial charge in [-0.15, -0.1) is 0 Å². The summed E-state index contributed by atoms with van der Waals surface area (Å²) in [5, 5.41) is 2.68. The van der Waals surface area contributed by atoms with E-state index in [1.807, 2.05) is 25.1 Å². The third-order valence-electron chi connectivity index (χ3n) is 6.19. The van der Waals surface area contributed by atoms with Crippen LogP contribution in [0.3, 0.4) is 0 Å². The van der Waals surface area contributed by atoms with Gasteiger partial charge in [-0.05, 0) is 62.1 Å². The normalized spacial score (nSPS) is 19.8. The average molecular weight is 482 g/mol. The van der Waals surface area contributed by atoms with Crippen molar-refractivity contribution >= 4 is 39.1 Å². The number of rotatable bonds is 7. The molecule has 34 heavy (non-hydrogen) atoms. The molecule has 2 N–H and O–H groups in total. The first kappa shape index (κ1) is 23.7. The highest BCUT2D eigenvalue weighted by atomic mass is 32.2. The molecule has 0 radical (unpaired) electrons. The fraction of sp³-hybridized carbons (Fsp3) is 0.320. The minimum Gasteiger partial charge on any atom is -0.326 e. The van der Waals surface area contributed by atoms with E-state index in [0.29, 0.717) is 29.8 Å². The topological polar surface area (TPSA) is 113 Å². The fourth-order valence-corrected chi connectivity index (χ4v) is 5.73. The summed E-state index contributed by atoms with van der Waals surface area (Å²) < 4.78 is 28.5. The zero-order chi connectivity index (χ0) is 24.5. The van der Waals surface area contributed by atoms with Crippen molar-refractivity contribution in [3.05, 3.63) is 65.7 Å². The van der Waals surface area contributed by atoms with Gasteiger partial charge in [-0.2, -0.15) is 0 Å². The number of sulfonamides is 1. The van der Waals surface area contributed by atoms with Crippen LogP contribution in [0.4, 0.5) is 11.4 Å². The van der Waals surface area contributed by atoms with E-state index in [4.69, 9.17) is 0 Å². The number of hydrogen-bond acceptors (Lipinski definition) is 5. The molecule has 2 aromatic rings. The lowest BCUT2D eigenvalue weighted by Gasteiger charge is -2.15. The number of carbonyl (C=O) groups excluding carboxylic acids is 3. The van der Waals surface area contributed by atoms with Crippen LogP contribution in [-0.2, 0) is 24.4 Å². The minimum absolute atomic E-state index is 0.00241. The summed E-state index contributed by atoms with van der Waals surface area (Å²) >= 11 is 0. The van der Waals surface area contributed by atoms with Crippen LogP contribution < -0.4 is 10.0 Å². The number of allylic oxidation sites excluding steroid dienone is 2. The summed E-state index contributed by atoms with van der Waals surface area (Å²) in [4.78, 5) is 38.9. The third kappa shape index (κ3) is 4.89. The summed E-state index contributed by atoms with van der Waals surface area (Å²) in [7, 11) is -3.88. The first-order valence-corrected chi connectivity index (χ1v) is 12.6. The minimum atomic E-state index is -3.88. The van der Waals surface area contributed by atoms with E-state index in [-0.39, 0.29) is 41.5 Å². The van der Waals surface area contributed by atoms with Crippen LogP contribution >= 0.6 is 0 Å². The summed E-state index contributed by atoms with van der Waals surface area (Å²) in [6.45, 7) is 3.55. The van der Waals surface area contributed by atoms with E-state index in [1.165, 1.54) is 11.0 Å². The lowest BCUT2D eigenvalue weighted by Crippen LogP contribution is -2.34. The van der Waals surface area contributed by atoms with Gasteiger partial charge in [0.25, 0.3) is 10.0 Å². The third-order valence-corrected chi connectivity index (χ3v) is 7.72. The Bertz CT molecular complexity index is 1260. The molecule has 2 aliphatic rings. The lowest BCUT2D eigenvalue weighted by atomic mass is 9.85. The van der Waals surface area contributed by atoms with Gasteiger partial charge in [0.2, 0.25) is 17.7 Å². The molecule has 0 aromatic heterocycles. The van der Waals surface area contributed by atoms with Crippen LogP contribution in [0.2, 0.25) is 0 Å². The molecule has 4 rings (SSSR count). The fourth-order valence-electron chi connectivity index (χ4n) is 4.41. The van der Waals surface area contributed by atoms with Crippen molar-refractivity contribution in [2.24, 2.45) is 11.8 Å². The number of amides is 3. The number of nitrogens with one attached hydrogen (secondary N) is 2. The maximum Gasteiger partial charge on any atom is 0.262 e.